The van der Waals surface area contributed by atoms with Crippen LogP contribution in [0.15, 0.2) is 0 Å². The highest BCUT2D eigenvalue weighted by Crippen LogP contribution is 2.17. The first-order valence-corrected chi connectivity index (χ1v) is 7.59. The molecule has 2 heterocycles. The summed E-state index contributed by atoms with van der Waals surface area (Å²) >= 11 is 0. The number of nitrogens with zero attached hydrogens (tertiary/aromatic N) is 2. The molecule has 19 heavy (non-hydrogen) atoms. The Hall–Kier alpha value is -0.200. The fourth-order valence-corrected chi connectivity index (χ4v) is 3.04. The Kier molecular flexibility index (Phi) is 6.04. The molecule has 0 aromatic carbocycles. The van der Waals surface area contributed by atoms with Crippen molar-refractivity contribution in [3.05, 3.63) is 0 Å². The van der Waals surface area contributed by atoms with Crippen LogP contribution < -0.4 is 5.32 Å². The van der Waals surface area contributed by atoms with Gasteiger partial charge in [-0.1, -0.05) is 6.92 Å². The van der Waals surface area contributed by atoms with Crippen LogP contribution in [-0.4, -0.2) is 81.2 Å². The van der Waals surface area contributed by atoms with Gasteiger partial charge in [0.05, 0.1) is 25.0 Å². The smallest absolute Gasteiger partial charge is 0.0961 e. The largest absolute Gasteiger partial charge is 0.379 e. The minimum Gasteiger partial charge on any atom is -0.379 e. The first-order chi connectivity index (χ1) is 9.26. The zero-order valence-corrected chi connectivity index (χ0v) is 12.6. The van der Waals surface area contributed by atoms with E-state index in [2.05, 4.69) is 29.0 Å². The summed E-state index contributed by atoms with van der Waals surface area (Å²) in [4.78, 5) is 5.17. The van der Waals surface area contributed by atoms with E-state index < -0.39 is 0 Å². The van der Waals surface area contributed by atoms with Gasteiger partial charge in [0.15, 0.2) is 0 Å². The van der Waals surface area contributed by atoms with Crippen LogP contribution in [0, 0.1) is 0 Å². The van der Waals surface area contributed by atoms with Gasteiger partial charge in [-0.05, 0) is 19.9 Å². The van der Waals surface area contributed by atoms with Crippen LogP contribution in [0.4, 0.5) is 0 Å². The van der Waals surface area contributed by atoms with Crippen molar-refractivity contribution in [1.29, 1.82) is 0 Å². The van der Waals surface area contributed by atoms with Gasteiger partial charge in [-0.2, -0.15) is 0 Å². The van der Waals surface area contributed by atoms with Crippen molar-refractivity contribution >= 4 is 0 Å². The molecule has 2 rings (SSSR count). The molecule has 1 N–H and O–H groups in total. The fraction of sp³-hybridized carbons (Fsp3) is 1.00. The molecule has 112 valence electrons. The molecule has 3 atom stereocenters. The SMILES string of the molecule is CCCN1CCNCC1N1CCOC(C(C)OC)C1. The van der Waals surface area contributed by atoms with E-state index in [0.29, 0.717) is 6.17 Å². The number of ether oxygens (including phenoxy) is 2. The second-order valence-electron chi connectivity index (χ2n) is 5.57. The number of methoxy groups -OCH3 is 1. The first kappa shape index (κ1) is 15.2. The lowest BCUT2D eigenvalue weighted by molar-refractivity contribution is -0.121. The van der Waals surface area contributed by atoms with Crippen molar-refractivity contribution in [1.82, 2.24) is 15.1 Å². The topological polar surface area (TPSA) is 37.0 Å². The normalized spacial score (nSPS) is 32.4. The molecule has 0 bridgehead atoms. The third kappa shape index (κ3) is 3.89. The maximum absolute atomic E-state index is 5.84. The summed E-state index contributed by atoms with van der Waals surface area (Å²) < 4.78 is 11.3. The lowest BCUT2D eigenvalue weighted by Crippen LogP contribution is -2.63. The van der Waals surface area contributed by atoms with Gasteiger partial charge >= 0.3 is 0 Å². The highest BCUT2D eigenvalue weighted by Gasteiger charge is 2.33. The molecule has 5 nitrogen and oxygen atoms in total. The zero-order chi connectivity index (χ0) is 13.7. The van der Waals surface area contributed by atoms with Gasteiger partial charge in [-0.25, -0.2) is 0 Å². The Morgan fingerprint density at radius 2 is 2.26 bits per heavy atom. The summed E-state index contributed by atoms with van der Waals surface area (Å²) in [6, 6.07) is 0. The Balaban J connectivity index is 1.94. The minimum atomic E-state index is 0.166. The number of rotatable bonds is 5. The van der Waals surface area contributed by atoms with Crippen LogP contribution in [0.1, 0.15) is 20.3 Å². The second kappa shape index (κ2) is 7.55. The molecule has 2 fully saturated rings. The van der Waals surface area contributed by atoms with Crippen molar-refractivity contribution in [2.45, 2.75) is 38.6 Å². The molecular weight excluding hydrogens is 242 g/mol. The van der Waals surface area contributed by atoms with Gasteiger partial charge in [-0.15, -0.1) is 0 Å². The maximum Gasteiger partial charge on any atom is 0.0961 e. The summed E-state index contributed by atoms with van der Waals surface area (Å²) in [6.45, 7) is 11.7. The number of hydrogen-bond donors (Lipinski definition) is 1. The molecule has 5 heteroatoms. The van der Waals surface area contributed by atoms with Crippen LogP contribution in [-0.2, 0) is 9.47 Å². The van der Waals surface area contributed by atoms with E-state index in [1.165, 1.54) is 13.0 Å². The summed E-state index contributed by atoms with van der Waals surface area (Å²) in [7, 11) is 1.76. The number of morpholine rings is 1. The van der Waals surface area contributed by atoms with Gasteiger partial charge in [-0.3, -0.25) is 9.80 Å². The quantitative estimate of drug-likeness (QED) is 0.781. The minimum absolute atomic E-state index is 0.166. The monoisotopic (exact) mass is 271 g/mol. The third-order valence-electron chi connectivity index (χ3n) is 4.28. The standard InChI is InChI=1S/C14H29N3O2/c1-4-6-16-7-5-15-10-14(16)17-8-9-19-13(11-17)12(2)18-3/h12-15H,4-11H2,1-3H3. The molecule has 0 aromatic rings. The van der Waals surface area contributed by atoms with E-state index >= 15 is 0 Å². The summed E-state index contributed by atoms with van der Waals surface area (Å²) in [6.07, 6.45) is 2.10. The van der Waals surface area contributed by atoms with E-state index in [-0.39, 0.29) is 12.2 Å². The average Bonchev–Trinajstić information content (AvgIpc) is 2.47. The maximum atomic E-state index is 5.84. The molecular formula is C14H29N3O2. The van der Waals surface area contributed by atoms with Crippen molar-refractivity contribution in [3.63, 3.8) is 0 Å². The van der Waals surface area contributed by atoms with Crippen LogP contribution in [0.5, 0.6) is 0 Å². The van der Waals surface area contributed by atoms with Gasteiger partial charge in [0, 0.05) is 39.8 Å². The molecule has 0 amide bonds. The number of hydrogen-bond acceptors (Lipinski definition) is 5. The molecule has 2 aliphatic heterocycles. The third-order valence-corrected chi connectivity index (χ3v) is 4.28. The van der Waals surface area contributed by atoms with Crippen molar-refractivity contribution in [3.8, 4) is 0 Å². The van der Waals surface area contributed by atoms with Crippen LogP contribution in [0.3, 0.4) is 0 Å². The Bertz CT molecular complexity index is 263. The number of nitrogens with one attached hydrogen (secondary N) is 1. The lowest BCUT2D eigenvalue weighted by Gasteiger charge is -2.46. The van der Waals surface area contributed by atoms with E-state index in [0.717, 1.165) is 39.3 Å². The Morgan fingerprint density at radius 3 is 3.00 bits per heavy atom. The Morgan fingerprint density at radius 1 is 1.42 bits per heavy atom. The van der Waals surface area contributed by atoms with Crippen molar-refractivity contribution in [2.24, 2.45) is 0 Å². The molecule has 0 spiro atoms. The van der Waals surface area contributed by atoms with Gasteiger partial charge in [0.2, 0.25) is 0 Å². The molecule has 0 saturated carbocycles. The molecule has 0 aliphatic carbocycles. The van der Waals surface area contributed by atoms with E-state index in [4.69, 9.17) is 9.47 Å². The van der Waals surface area contributed by atoms with E-state index in [9.17, 15) is 0 Å². The van der Waals surface area contributed by atoms with Gasteiger partial charge < -0.3 is 14.8 Å². The van der Waals surface area contributed by atoms with E-state index in [1.807, 2.05) is 0 Å². The van der Waals surface area contributed by atoms with Crippen LogP contribution in [0.2, 0.25) is 0 Å². The fourth-order valence-electron chi connectivity index (χ4n) is 3.04. The van der Waals surface area contributed by atoms with Crippen molar-refractivity contribution < 1.29 is 9.47 Å². The first-order valence-electron chi connectivity index (χ1n) is 7.59. The highest BCUT2D eigenvalue weighted by molar-refractivity contribution is 4.85. The summed E-state index contributed by atoms with van der Waals surface area (Å²) in [5.74, 6) is 0. The zero-order valence-electron chi connectivity index (χ0n) is 12.6. The number of piperazine rings is 1. The van der Waals surface area contributed by atoms with Crippen LogP contribution >= 0.6 is 0 Å². The summed E-state index contributed by atoms with van der Waals surface area (Å²) in [5, 5.41) is 3.52. The molecule has 2 aliphatic rings. The molecule has 3 unspecified atom stereocenters. The predicted octanol–water partition coefficient (Wildman–Crippen LogP) is 0.363. The van der Waals surface area contributed by atoms with Crippen LogP contribution in [0.25, 0.3) is 0 Å². The van der Waals surface area contributed by atoms with Crippen molar-refractivity contribution in [2.75, 3.05) is 53.0 Å². The molecule has 2 saturated heterocycles. The van der Waals surface area contributed by atoms with Gasteiger partial charge in [0.1, 0.15) is 0 Å². The second-order valence-corrected chi connectivity index (χ2v) is 5.57. The lowest BCUT2D eigenvalue weighted by atomic mass is 10.1. The van der Waals surface area contributed by atoms with E-state index in [1.54, 1.807) is 7.11 Å². The molecule has 0 radical (unpaired) electrons. The average molecular weight is 271 g/mol. The summed E-state index contributed by atoms with van der Waals surface area (Å²) in [5.41, 5.74) is 0. The van der Waals surface area contributed by atoms with Gasteiger partial charge in [0.25, 0.3) is 0 Å². The molecule has 0 aromatic heterocycles. The highest BCUT2D eigenvalue weighted by atomic mass is 16.5. The Labute approximate surface area is 117 Å². The predicted molar refractivity (Wildman–Crippen MR) is 76.3 cm³/mol.